The first kappa shape index (κ1) is 15.1. The van der Waals surface area contributed by atoms with Gasteiger partial charge in [-0.15, -0.1) is 0 Å². The van der Waals surface area contributed by atoms with Crippen LogP contribution in [0.5, 0.6) is 0 Å². The van der Waals surface area contributed by atoms with Crippen LogP contribution in [-0.4, -0.2) is 15.5 Å². The maximum absolute atomic E-state index is 11.8. The average molecular weight is 308 g/mol. The van der Waals surface area contributed by atoms with Crippen LogP contribution in [0.3, 0.4) is 0 Å². The first-order valence-corrected chi connectivity index (χ1v) is 6.71. The zero-order chi connectivity index (χ0) is 15.6. The van der Waals surface area contributed by atoms with Crippen molar-refractivity contribution in [3.8, 4) is 0 Å². The van der Waals surface area contributed by atoms with Crippen molar-refractivity contribution in [2.24, 2.45) is 5.73 Å². The summed E-state index contributed by atoms with van der Waals surface area (Å²) in [7, 11) is 0. The van der Waals surface area contributed by atoms with Gasteiger partial charge in [-0.05, 0) is 24.1 Å². The molecule has 0 atom stereocenters. The highest BCUT2D eigenvalue weighted by molar-refractivity contribution is 6.31. The topological polar surface area (TPSA) is 97.9 Å². The Kier molecular flexibility index (Phi) is 4.28. The number of hydrogen-bond donors (Lipinski definition) is 2. The number of aromatic amines is 1. The number of nitrogens with two attached hydrogens (primary N) is 1. The molecule has 0 spiro atoms. The summed E-state index contributed by atoms with van der Waals surface area (Å²) in [5.74, 6) is -0.571. The second-order valence-electron chi connectivity index (χ2n) is 4.57. The number of halogens is 1. The Balaban J connectivity index is 2.41. The van der Waals surface area contributed by atoms with E-state index in [4.69, 9.17) is 17.3 Å². The number of aromatic nitrogens is 2. The molecule has 0 aliphatic carbocycles. The third-order valence-corrected chi connectivity index (χ3v) is 3.50. The second-order valence-corrected chi connectivity index (χ2v) is 4.97. The lowest BCUT2D eigenvalue weighted by atomic mass is 10.1. The molecule has 0 saturated carbocycles. The van der Waals surface area contributed by atoms with Crippen LogP contribution in [0.15, 0.2) is 34.0 Å². The van der Waals surface area contributed by atoms with Crippen LogP contribution in [0.4, 0.5) is 0 Å². The molecule has 1 heterocycles. The molecule has 0 radical (unpaired) electrons. The normalized spacial score (nSPS) is 10.6. The van der Waals surface area contributed by atoms with Gasteiger partial charge in [0.15, 0.2) is 0 Å². The summed E-state index contributed by atoms with van der Waals surface area (Å²) in [4.78, 5) is 36.6. The molecule has 2 rings (SSSR count). The van der Waals surface area contributed by atoms with Gasteiger partial charge >= 0.3 is 5.69 Å². The molecule has 0 aliphatic rings. The van der Waals surface area contributed by atoms with Crippen molar-refractivity contribution >= 4 is 17.5 Å². The van der Waals surface area contributed by atoms with Crippen LogP contribution in [-0.2, 0) is 13.0 Å². The van der Waals surface area contributed by atoms with E-state index < -0.39 is 11.6 Å². The van der Waals surface area contributed by atoms with Crippen LogP contribution in [0.1, 0.15) is 28.4 Å². The number of amides is 1. The van der Waals surface area contributed by atoms with Crippen molar-refractivity contribution in [2.45, 2.75) is 19.9 Å². The zero-order valence-electron chi connectivity index (χ0n) is 11.4. The number of H-pyrrole nitrogens is 1. The zero-order valence-corrected chi connectivity index (χ0v) is 12.1. The number of carbonyl (C=O) groups excluding carboxylic acids is 1. The maximum Gasteiger partial charge on any atom is 0.328 e. The predicted octanol–water partition coefficient (Wildman–Crippen LogP) is 0.900. The number of nitrogens with zero attached hydrogens (tertiary/aromatic N) is 1. The van der Waals surface area contributed by atoms with Gasteiger partial charge in [-0.1, -0.05) is 24.6 Å². The Labute approximate surface area is 125 Å². The highest BCUT2D eigenvalue weighted by Crippen LogP contribution is 2.18. The largest absolute Gasteiger partial charge is 0.366 e. The molecule has 21 heavy (non-hydrogen) atoms. The summed E-state index contributed by atoms with van der Waals surface area (Å²) < 4.78 is 1.37. The molecule has 7 heteroatoms. The van der Waals surface area contributed by atoms with Gasteiger partial charge in [0.1, 0.15) is 0 Å². The molecule has 2 aromatic rings. The second kappa shape index (κ2) is 5.97. The van der Waals surface area contributed by atoms with Gasteiger partial charge in [0.25, 0.3) is 5.56 Å². The lowest BCUT2D eigenvalue weighted by molar-refractivity contribution is 0.100. The molecule has 6 nitrogen and oxygen atoms in total. The fourth-order valence-corrected chi connectivity index (χ4v) is 2.18. The van der Waals surface area contributed by atoms with Gasteiger partial charge in [-0.25, -0.2) is 4.79 Å². The summed E-state index contributed by atoms with van der Waals surface area (Å²) in [6.45, 7) is 2.02. The van der Waals surface area contributed by atoms with Gasteiger partial charge in [0.05, 0.1) is 6.54 Å². The number of benzene rings is 1. The highest BCUT2D eigenvalue weighted by atomic mass is 35.5. The molecule has 1 aromatic heterocycles. The molecule has 0 saturated heterocycles. The lowest BCUT2D eigenvalue weighted by Gasteiger charge is -2.09. The quantitative estimate of drug-likeness (QED) is 0.878. The van der Waals surface area contributed by atoms with Gasteiger partial charge in [-0.3, -0.25) is 19.1 Å². The molecule has 0 fully saturated rings. The van der Waals surface area contributed by atoms with E-state index in [9.17, 15) is 14.4 Å². The average Bonchev–Trinajstić information content (AvgIpc) is 2.43. The minimum atomic E-state index is -0.571. The number of carbonyl (C=O) groups is 1. The van der Waals surface area contributed by atoms with Crippen LogP contribution in [0, 0.1) is 0 Å². The molecule has 1 aromatic carbocycles. The third kappa shape index (κ3) is 3.22. The van der Waals surface area contributed by atoms with Crippen molar-refractivity contribution in [1.82, 2.24) is 9.55 Å². The molecular weight excluding hydrogens is 294 g/mol. The van der Waals surface area contributed by atoms with E-state index in [0.29, 0.717) is 28.1 Å². The Morgan fingerprint density at radius 2 is 2.05 bits per heavy atom. The van der Waals surface area contributed by atoms with Gasteiger partial charge in [0.2, 0.25) is 5.91 Å². The van der Waals surface area contributed by atoms with Crippen LogP contribution < -0.4 is 17.0 Å². The smallest absolute Gasteiger partial charge is 0.328 e. The minimum Gasteiger partial charge on any atom is -0.366 e. The molecule has 0 aliphatic heterocycles. The fourth-order valence-electron chi connectivity index (χ4n) is 1.94. The highest BCUT2D eigenvalue weighted by Gasteiger charge is 2.08. The summed E-state index contributed by atoms with van der Waals surface area (Å²) in [5, 5.41) is 0.336. The Hall–Kier alpha value is -2.34. The van der Waals surface area contributed by atoms with Crippen LogP contribution >= 0.6 is 11.6 Å². The number of rotatable bonds is 4. The first-order chi connectivity index (χ1) is 9.92. The van der Waals surface area contributed by atoms with Gasteiger partial charge < -0.3 is 5.73 Å². The first-order valence-electron chi connectivity index (χ1n) is 6.33. The van der Waals surface area contributed by atoms with E-state index in [1.165, 1.54) is 16.8 Å². The summed E-state index contributed by atoms with van der Waals surface area (Å²) in [6.07, 6.45) is 2.03. The minimum absolute atomic E-state index is 0.195. The fraction of sp³-hybridized carbons (Fsp3) is 0.214. The summed E-state index contributed by atoms with van der Waals surface area (Å²) in [6, 6.07) is 4.63. The number of hydrogen-bond acceptors (Lipinski definition) is 3. The van der Waals surface area contributed by atoms with Gasteiger partial charge in [0, 0.05) is 22.3 Å². The Bertz CT molecular complexity index is 808. The maximum atomic E-state index is 11.8. The number of primary amides is 1. The SMILES string of the molecule is CCc1cn(Cc2ccc(C(N)=O)cc2Cl)c(=O)[nH]c1=O. The van der Waals surface area contributed by atoms with E-state index in [2.05, 4.69) is 4.98 Å². The Morgan fingerprint density at radius 1 is 1.33 bits per heavy atom. The molecule has 0 unspecified atom stereocenters. The van der Waals surface area contributed by atoms with Crippen molar-refractivity contribution in [2.75, 3.05) is 0 Å². The van der Waals surface area contributed by atoms with Crippen molar-refractivity contribution in [1.29, 1.82) is 0 Å². The predicted molar refractivity (Wildman–Crippen MR) is 79.8 cm³/mol. The van der Waals surface area contributed by atoms with E-state index >= 15 is 0 Å². The number of aryl methyl sites for hydroxylation is 1. The summed E-state index contributed by atoms with van der Waals surface area (Å²) >= 11 is 6.09. The molecule has 0 bridgehead atoms. The monoisotopic (exact) mass is 307 g/mol. The third-order valence-electron chi connectivity index (χ3n) is 3.14. The van der Waals surface area contributed by atoms with Gasteiger partial charge in [-0.2, -0.15) is 0 Å². The molecule has 3 N–H and O–H groups in total. The Morgan fingerprint density at radius 3 is 2.62 bits per heavy atom. The molecular formula is C14H14ClN3O3. The van der Waals surface area contributed by atoms with Crippen LogP contribution in [0.25, 0.3) is 0 Å². The standard InChI is InChI=1S/C14H14ClN3O3/c1-2-8-6-18(14(21)17-13(8)20)7-10-4-3-9(12(16)19)5-11(10)15/h3-6H,2,7H2,1H3,(H2,16,19)(H,17,20,21). The molecule has 1 amide bonds. The van der Waals surface area contributed by atoms with Crippen molar-refractivity contribution < 1.29 is 4.79 Å². The van der Waals surface area contributed by atoms with Crippen molar-refractivity contribution in [3.63, 3.8) is 0 Å². The number of nitrogens with one attached hydrogen (secondary N) is 1. The molecule has 110 valence electrons. The van der Waals surface area contributed by atoms with E-state index in [0.717, 1.165) is 0 Å². The van der Waals surface area contributed by atoms with Crippen molar-refractivity contribution in [3.05, 3.63) is 66.9 Å². The van der Waals surface area contributed by atoms with E-state index in [1.54, 1.807) is 12.1 Å². The van der Waals surface area contributed by atoms with E-state index in [-0.39, 0.29) is 12.1 Å². The van der Waals surface area contributed by atoms with E-state index in [1.807, 2.05) is 6.92 Å². The summed E-state index contributed by atoms with van der Waals surface area (Å²) in [5.41, 5.74) is 5.75. The van der Waals surface area contributed by atoms with Crippen LogP contribution in [0.2, 0.25) is 5.02 Å². The lowest BCUT2D eigenvalue weighted by Crippen LogP contribution is -2.31.